The Kier molecular flexibility index (Phi) is 6.14. The molecule has 0 saturated heterocycles. The van der Waals surface area contributed by atoms with E-state index in [0.29, 0.717) is 16.8 Å². The summed E-state index contributed by atoms with van der Waals surface area (Å²) in [6.07, 6.45) is -3.76. The Morgan fingerprint density at radius 3 is 2.63 bits per heavy atom. The summed E-state index contributed by atoms with van der Waals surface area (Å²) < 4.78 is 45.3. The van der Waals surface area contributed by atoms with Crippen molar-refractivity contribution in [3.63, 3.8) is 0 Å². The Labute approximate surface area is 178 Å². The molecule has 0 bridgehead atoms. The van der Waals surface area contributed by atoms with Crippen LogP contribution in [0.5, 0.6) is 0 Å². The molecule has 0 unspecified atom stereocenters. The second-order valence-corrected chi connectivity index (χ2v) is 7.66. The maximum atomic E-state index is 13.1. The number of halogens is 4. The molecule has 0 amide bonds. The Morgan fingerprint density at radius 1 is 1.30 bits per heavy atom. The largest absolute Gasteiger partial charge is 0.462 e. The van der Waals surface area contributed by atoms with Crippen LogP contribution in [0.3, 0.4) is 0 Å². The number of nitrogens with zero attached hydrogens (tertiary/aromatic N) is 3. The molecule has 30 heavy (non-hydrogen) atoms. The lowest BCUT2D eigenvalue weighted by atomic mass is 10.1. The predicted molar refractivity (Wildman–Crippen MR) is 104 cm³/mol. The monoisotopic (exact) mass is 460 g/mol. The van der Waals surface area contributed by atoms with Gasteiger partial charge < -0.3 is 9.72 Å². The maximum Gasteiger partial charge on any atom is 0.417 e. The summed E-state index contributed by atoms with van der Waals surface area (Å²) in [7, 11) is 0. The average Bonchev–Trinajstić information content (AvgIpc) is 3.20. The van der Waals surface area contributed by atoms with Crippen LogP contribution >= 0.6 is 23.4 Å². The van der Waals surface area contributed by atoms with Gasteiger partial charge in [-0.1, -0.05) is 23.4 Å². The van der Waals surface area contributed by atoms with Gasteiger partial charge >= 0.3 is 12.1 Å². The molecule has 0 spiro atoms. The van der Waals surface area contributed by atoms with E-state index in [0.717, 1.165) is 28.4 Å². The van der Waals surface area contributed by atoms with E-state index >= 15 is 0 Å². The fraction of sp³-hybridized carbons (Fsp3) is 0.333. The standard InChI is InChI=1S/C18H16ClF3N4O3S/c1-4-29-16(28)13-8(2)14(23-9(13)3)12(27)7-30-17-25-24-15-11(19)5-10(6-26(15)17)18(20,21)22/h5-6,23H,4,7H2,1-3H3. The zero-order valence-electron chi connectivity index (χ0n) is 16.1. The number of carbonyl (C=O) groups is 2. The van der Waals surface area contributed by atoms with E-state index in [9.17, 15) is 22.8 Å². The molecular weight excluding hydrogens is 445 g/mol. The summed E-state index contributed by atoms with van der Waals surface area (Å²) in [5, 5.41) is 7.49. The van der Waals surface area contributed by atoms with E-state index in [2.05, 4.69) is 15.2 Å². The van der Waals surface area contributed by atoms with Gasteiger partial charge in [-0.2, -0.15) is 13.2 Å². The molecule has 3 aromatic heterocycles. The molecule has 3 heterocycles. The third-order valence-corrected chi connectivity index (χ3v) is 5.51. The molecule has 3 aromatic rings. The normalized spacial score (nSPS) is 11.8. The minimum atomic E-state index is -4.59. The average molecular weight is 461 g/mol. The minimum absolute atomic E-state index is 0.0520. The van der Waals surface area contributed by atoms with Gasteiger partial charge in [0.05, 0.1) is 34.2 Å². The lowest BCUT2D eigenvalue weighted by Crippen LogP contribution is -2.09. The van der Waals surface area contributed by atoms with Crippen LogP contribution in [0.1, 0.15) is 44.6 Å². The number of hydrogen-bond acceptors (Lipinski definition) is 6. The Morgan fingerprint density at radius 2 is 2.00 bits per heavy atom. The first-order chi connectivity index (χ1) is 14.0. The summed E-state index contributed by atoms with van der Waals surface area (Å²) in [6.45, 7) is 5.15. The van der Waals surface area contributed by atoms with Crippen LogP contribution < -0.4 is 0 Å². The molecular formula is C18H16ClF3N4O3S. The number of carbonyl (C=O) groups excluding carboxylic acids is 2. The van der Waals surface area contributed by atoms with Crippen molar-refractivity contribution in [3.05, 3.63) is 45.4 Å². The molecule has 1 N–H and O–H groups in total. The van der Waals surface area contributed by atoms with Crippen LogP contribution in [0.4, 0.5) is 13.2 Å². The maximum absolute atomic E-state index is 13.1. The van der Waals surface area contributed by atoms with E-state index in [-0.39, 0.29) is 39.7 Å². The number of fused-ring (bicyclic) bond motifs is 1. The van der Waals surface area contributed by atoms with Crippen LogP contribution in [0.25, 0.3) is 5.65 Å². The van der Waals surface area contributed by atoms with Gasteiger partial charge in [0.15, 0.2) is 16.6 Å². The van der Waals surface area contributed by atoms with Crippen molar-refractivity contribution in [2.24, 2.45) is 0 Å². The first-order valence-corrected chi connectivity index (χ1v) is 10.0. The van der Waals surface area contributed by atoms with E-state index in [4.69, 9.17) is 16.3 Å². The highest BCUT2D eigenvalue weighted by atomic mass is 35.5. The molecule has 0 aliphatic rings. The van der Waals surface area contributed by atoms with Crippen LogP contribution in [-0.2, 0) is 10.9 Å². The Bertz CT molecular complexity index is 1140. The van der Waals surface area contributed by atoms with Crippen molar-refractivity contribution in [1.29, 1.82) is 0 Å². The van der Waals surface area contributed by atoms with Gasteiger partial charge in [0.1, 0.15) is 0 Å². The number of esters is 1. The molecule has 3 rings (SSSR count). The van der Waals surface area contributed by atoms with E-state index in [1.165, 1.54) is 0 Å². The smallest absolute Gasteiger partial charge is 0.417 e. The molecule has 0 fully saturated rings. The van der Waals surface area contributed by atoms with E-state index < -0.39 is 17.7 Å². The van der Waals surface area contributed by atoms with Crippen LogP contribution in [0.2, 0.25) is 5.02 Å². The third kappa shape index (κ3) is 4.17. The Hall–Kier alpha value is -2.53. The number of H-pyrrole nitrogens is 1. The quantitative estimate of drug-likeness (QED) is 0.331. The summed E-state index contributed by atoms with van der Waals surface area (Å²) in [6, 6.07) is 0.771. The number of nitrogens with one attached hydrogen (secondary N) is 1. The molecule has 12 heteroatoms. The molecule has 0 atom stereocenters. The number of hydrogen-bond donors (Lipinski definition) is 1. The summed E-state index contributed by atoms with van der Waals surface area (Å²) in [5.74, 6) is -1.03. The lowest BCUT2D eigenvalue weighted by Gasteiger charge is -2.08. The second kappa shape index (κ2) is 8.31. The summed E-state index contributed by atoms with van der Waals surface area (Å²) in [5.41, 5.74) is 0.559. The molecule has 0 aromatic carbocycles. The molecule has 7 nitrogen and oxygen atoms in total. The fourth-order valence-electron chi connectivity index (χ4n) is 2.93. The molecule has 0 saturated carbocycles. The topological polar surface area (TPSA) is 89.4 Å². The van der Waals surface area contributed by atoms with Gasteiger partial charge in [0.2, 0.25) is 0 Å². The van der Waals surface area contributed by atoms with Crippen molar-refractivity contribution in [1.82, 2.24) is 19.6 Å². The number of Topliss-reactive ketones (excluding diaryl/α,β-unsaturated/α-hetero) is 1. The number of ketones is 1. The van der Waals surface area contributed by atoms with Gasteiger partial charge in [-0.3, -0.25) is 9.20 Å². The molecule has 0 aliphatic heterocycles. The number of aromatic nitrogens is 4. The Balaban J connectivity index is 1.85. The molecule has 0 radical (unpaired) electrons. The van der Waals surface area contributed by atoms with Crippen LogP contribution in [0, 0.1) is 13.8 Å². The number of rotatable bonds is 6. The highest BCUT2D eigenvalue weighted by molar-refractivity contribution is 7.99. The summed E-state index contributed by atoms with van der Waals surface area (Å²) >= 11 is 6.80. The van der Waals surface area contributed by atoms with Crippen LogP contribution in [0.15, 0.2) is 17.4 Å². The van der Waals surface area contributed by atoms with Crippen molar-refractivity contribution >= 4 is 40.8 Å². The van der Waals surface area contributed by atoms with Gasteiger partial charge in [0, 0.05) is 11.9 Å². The van der Waals surface area contributed by atoms with Crippen molar-refractivity contribution in [3.8, 4) is 0 Å². The van der Waals surface area contributed by atoms with Gasteiger partial charge in [-0.25, -0.2) is 4.79 Å². The zero-order chi connectivity index (χ0) is 22.2. The number of aryl methyl sites for hydroxylation is 1. The number of ether oxygens (including phenoxy) is 1. The van der Waals surface area contributed by atoms with E-state index in [1.807, 2.05) is 0 Å². The highest BCUT2D eigenvalue weighted by Gasteiger charge is 2.32. The van der Waals surface area contributed by atoms with Crippen molar-refractivity contribution in [2.45, 2.75) is 32.1 Å². The predicted octanol–water partition coefficient (Wildman–Crippen LogP) is 4.50. The van der Waals surface area contributed by atoms with Crippen LogP contribution in [-0.4, -0.2) is 43.7 Å². The van der Waals surface area contributed by atoms with Gasteiger partial charge in [-0.15, -0.1) is 10.2 Å². The third-order valence-electron chi connectivity index (χ3n) is 4.28. The second-order valence-electron chi connectivity index (χ2n) is 6.31. The fourth-order valence-corrected chi connectivity index (χ4v) is 3.96. The van der Waals surface area contributed by atoms with Gasteiger partial charge in [0.25, 0.3) is 0 Å². The lowest BCUT2D eigenvalue weighted by molar-refractivity contribution is -0.137. The molecule has 160 valence electrons. The van der Waals surface area contributed by atoms with Crippen molar-refractivity contribution in [2.75, 3.05) is 12.4 Å². The zero-order valence-corrected chi connectivity index (χ0v) is 17.6. The minimum Gasteiger partial charge on any atom is -0.462 e. The van der Waals surface area contributed by atoms with E-state index in [1.54, 1.807) is 20.8 Å². The van der Waals surface area contributed by atoms with Gasteiger partial charge in [-0.05, 0) is 32.4 Å². The number of alkyl halides is 3. The number of thioether (sulfide) groups is 1. The first kappa shape index (κ1) is 22.2. The first-order valence-electron chi connectivity index (χ1n) is 8.68. The molecule has 0 aliphatic carbocycles. The summed E-state index contributed by atoms with van der Waals surface area (Å²) in [4.78, 5) is 27.6. The number of pyridine rings is 1. The number of aromatic amines is 1. The SMILES string of the molecule is CCOC(=O)c1c(C)[nH]c(C(=O)CSc2nnc3c(Cl)cc(C(F)(F)F)cn23)c1C. The highest BCUT2D eigenvalue weighted by Crippen LogP contribution is 2.33. The van der Waals surface area contributed by atoms with Crippen molar-refractivity contribution < 1.29 is 27.5 Å².